The minimum Gasteiger partial charge on any atom is -0.493 e. The van der Waals surface area contributed by atoms with E-state index in [1.165, 1.54) is 6.08 Å². The van der Waals surface area contributed by atoms with Gasteiger partial charge in [0.2, 0.25) is 0 Å². The van der Waals surface area contributed by atoms with Crippen molar-refractivity contribution in [3.05, 3.63) is 71.8 Å². The van der Waals surface area contributed by atoms with Gasteiger partial charge in [0.25, 0.3) is 5.91 Å². The number of benzene rings is 3. The molecule has 0 heterocycles. The highest BCUT2D eigenvalue weighted by Gasteiger charge is 2.11. The fourth-order valence-corrected chi connectivity index (χ4v) is 2.83. The zero-order chi connectivity index (χ0) is 19.9. The Morgan fingerprint density at radius 3 is 2.57 bits per heavy atom. The molecule has 3 aromatic rings. The third-order valence-electron chi connectivity index (χ3n) is 4.17. The van der Waals surface area contributed by atoms with Gasteiger partial charge in [-0.05, 0) is 53.6 Å². The highest BCUT2D eigenvalue weighted by atomic mass is 16.5. The summed E-state index contributed by atoms with van der Waals surface area (Å²) < 4.78 is 10.8. The summed E-state index contributed by atoms with van der Waals surface area (Å²) in [7, 11) is 1.54. The molecule has 140 valence electrons. The number of nitrogens with zero attached hydrogens (tertiary/aromatic N) is 1. The molecular weight excluding hydrogens is 352 g/mol. The van der Waals surface area contributed by atoms with Crippen LogP contribution < -0.4 is 14.8 Å². The van der Waals surface area contributed by atoms with Crippen molar-refractivity contribution < 1.29 is 14.3 Å². The molecule has 3 aromatic carbocycles. The molecule has 5 heteroatoms. The van der Waals surface area contributed by atoms with Gasteiger partial charge in [0.1, 0.15) is 11.6 Å². The van der Waals surface area contributed by atoms with Crippen LogP contribution in [-0.2, 0) is 4.79 Å². The summed E-state index contributed by atoms with van der Waals surface area (Å²) in [5.41, 5.74) is 1.30. The van der Waals surface area contributed by atoms with Gasteiger partial charge in [-0.2, -0.15) is 5.26 Å². The number of carbonyl (C=O) groups is 1. The van der Waals surface area contributed by atoms with Crippen LogP contribution in [0.3, 0.4) is 0 Å². The van der Waals surface area contributed by atoms with E-state index < -0.39 is 5.91 Å². The average Bonchev–Trinajstić information content (AvgIpc) is 2.72. The Balaban J connectivity index is 1.83. The predicted molar refractivity (Wildman–Crippen MR) is 110 cm³/mol. The SMILES string of the molecule is CCOc1ccc(/C=C(\C#N)C(=O)Nc2ccc3ccccc3c2)cc1OC. The fourth-order valence-electron chi connectivity index (χ4n) is 2.83. The van der Waals surface area contributed by atoms with Gasteiger partial charge in [-0.15, -0.1) is 0 Å². The Bertz CT molecular complexity index is 1080. The lowest BCUT2D eigenvalue weighted by molar-refractivity contribution is -0.112. The molecule has 0 saturated carbocycles. The van der Waals surface area contributed by atoms with Crippen molar-refractivity contribution in [1.82, 2.24) is 0 Å². The molecule has 0 bridgehead atoms. The molecule has 5 nitrogen and oxygen atoms in total. The van der Waals surface area contributed by atoms with Gasteiger partial charge >= 0.3 is 0 Å². The summed E-state index contributed by atoms with van der Waals surface area (Å²) in [5, 5.41) is 14.3. The molecule has 1 amide bonds. The third-order valence-corrected chi connectivity index (χ3v) is 4.17. The van der Waals surface area contributed by atoms with E-state index in [0.717, 1.165) is 10.8 Å². The molecule has 0 aromatic heterocycles. The van der Waals surface area contributed by atoms with Crippen molar-refractivity contribution in [3.8, 4) is 17.6 Å². The second-order valence-electron chi connectivity index (χ2n) is 6.03. The number of ether oxygens (including phenoxy) is 2. The van der Waals surface area contributed by atoms with E-state index in [-0.39, 0.29) is 5.57 Å². The molecule has 0 aliphatic carbocycles. The van der Waals surface area contributed by atoms with Gasteiger partial charge in [-0.3, -0.25) is 4.79 Å². The van der Waals surface area contributed by atoms with E-state index in [1.807, 2.05) is 55.5 Å². The van der Waals surface area contributed by atoms with Crippen LogP contribution in [0, 0.1) is 11.3 Å². The van der Waals surface area contributed by atoms with Crippen LogP contribution >= 0.6 is 0 Å². The number of hydrogen-bond acceptors (Lipinski definition) is 4. The standard InChI is InChI=1S/C23H20N2O3/c1-3-28-21-11-8-16(13-22(21)27-2)12-19(15-24)23(26)25-20-10-9-17-6-4-5-7-18(17)14-20/h4-14H,3H2,1-2H3,(H,25,26)/b19-12+. The van der Waals surface area contributed by atoms with Gasteiger partial charge < -0.3 is 14.8 Å². The van der Waals surface area contributed by atoms with E-state index in [4.69, 9.17) is 9.47 Å². The van der Waals surface area contributed by atoms with Gasteiger partial charge in [0, 0.05) is 5.69 Å². The summed E-state index contributed by atoms with van der Waals surface area (Å²) in [6.07, 6.45) is 1.52. The topological polar surface area (TPSA) is 71.3 Å². The van der Waals surface area contributed by atoms with Crippen molar-refractivity contribution in [2.45, 2.75) is 6.92 Å². The van der Waals surface area contributed by atoms with Crippen LogP contribution in [0.15, 0.2) is 66.2 Å². The van der Waals surface area contributed by atoms with E-state index in [2.05, 4.69) is 5.32 Å². The lowest BCUT2D eigenvalue weighted by atomic mass is 10.1. The Kier molecular flexibility index (Phi) is 5.93. The van der Waals surface area contributed by atoms with E-state index in [9.17, 15) is 10.1 Å². The summed E-state index contributed by atoms with van der Waals surface area (Å²) >= 11 is 0. The minimum atomic E-state index is -0.467. The van der Waals surface area contributed by atoms with Crippen LogP contribution in [0.25, 0.3) is 16.8 Å². The number of fused-ring (bicyclic) bond motifs is 1. The van der Waals surface area contributed by atoms with Crippen molar-refractivity contribution in [2.24, 2.45) is 0 Å². The molecule has 0 spiro atoms. The van der Waals surface area contributed by atoms with Crippen LogP contribution in [0.4, 0.5) is 5.69 Å². The molecule has 0 atom stereocenters. The first-order valence-corrected chi connectivity index (χ1v) is 8.87. The second-order valence-corrected chi connectivity index (χ2v) is 6.03. The quantitative estimate of drug-likeness (QED) is 0.499. The molecule has 0 radical (unpaired) electrons. The lowest BCUT2D eigenvalue weighted by Crippen LogP contribution is -2.13. The van der Waals surface area contributed by atoms with Crippen LogP contribution in [0.2, 0.25) is 0 Å². The largest absolute Gasteiger partial charge is 0.493 e. The van der Waals surface area contributed by atoms with E-state index >= 15 is 0 Å². The van der Waals surface area contributed by atoms with Crippen molar-refractivity contribution >= 4 is 28.4 Å². The van der Waals surface area contributed by atoms with Crippen molar-refractivity contribution in [1.29, 1.82) is 5.26 Å². The van der Waals surface area contributed by atoms with Gasteiger partial charge in [0.15, 0.2) is 11.5 Å². The molecule has 0 aliphatic heterocycles. The summed E-state index contributed by atoms with van der Waals surface area (Å²) in [5.74, 6) is 0.690. The number of hydrogen-bond donors (Lipinski definition) is 1. The zero-order valence-electron chi connectivity index (χ0n) is 15.7. The summed E-state index contributed by atoms with van der Waals surface area (Å²) in [4.78, 5) is 12.6. The number of nitrogens with one attached hydrogen (secondary N) is 1. The lowest BCUT2D eigenvalue weighted by Gasteiger charge is -2.10. The number of nitriles is 1. The first-order chi connectivity index (χ1) is 13.6. The maximum absolute atomic E-state index is 12.6. The number of rotatable bonds is 6. The first kappa shape index (κ1) is 19.0. The van der Waals surface area contributed by atoms with Crippen LogP contribution in [0.1, 0.15) is 12.5 Å². The van der Waals surface area contributed by atoms with Gasteiger partial charge in [0.05, 0.1) is 13.7 Å². The first-order valence-electron chi connectivity index (χ1n) is 8.87. The predicted octanol–water partition coefficient (Wildman–Crippen LogP) is 4.79. The number of methoxy groups -OCH3 is 1. The highest BCUT2D eigenvalue weighted by Crippen LogP contribution is 2.29. The molecule has 1 N–H and O–H groups in total. The molecule has 3 rings (SSSR count). The summed E-state index contributed by atoms with van der Waals surface area (Å²) in [6.45, 7) is 2.40. The Labute approximate surface area is 163 Å². The smallest absolute Gasteiger partial charge is 0.266 e. The van der Waals surface area contributed by atoms with Crippen LogP contribution in [-0.4, -0.2) is 19.6 Å². The summed E-state index contributed by atoms with van der Waals surface area (Å²) in [6, 6.07) is 20.7. The Morgan fingerprint density at radius 2 is 1.86 bits per heavy atom. The number of anilines is 1. The maximum Gasteiger partial charge on any atom is 0.266 e. The zero-order valence-corrected chi connectivity index (χ0v) is 15.7. The molecule has 0 saturated heterocycles. The Hall–Kier alpha value is -3.78. The maximum atomic E-state index is 12.6. The van der Waals surface area contributed by atoms with E-state index in [0.29, 0.717) is 29.4 Å². The van der Waals surface area contributed by atoms with Crippen molar-refractivity contribution in [3.63, 3.8) is 0 Å². The van der Waals surface area contributed by atoms with Crippen LogP contribution in [0.5, 0.6) is 11.5 Å². The molecular formula is C23H20N2O3. The highest BCUT2D eigenvalue weighted by molar-refractivity contribution is 6.10. The Morgan fingerprint density at radius 1 is 1.07 bits per heavy atom. The second kappa shape index (κ2) is 8.74. The fraction of sp³-hybridized carbons (Fsp3) is 0.130. The van der Waals surface area contributed by atoms with Gasteiger partial charge in [-0.1, -0.05) is 36.4 Å². The van der Waals surface area contributed by atoms with E-state index in [1.54, 1.807) is 25.3 Å². The third kappa shape index (κ3) is 4.30. The number of amides is 1. The van der Waals surface area contributed by atoms with Gasteiger partial charge in [-0.25, -0.2) is 0 Å². The molecule has 0 unspecified atom stereocenters. The molecule has 0 fully saturated rings. The molecule has 28 heavy (non-hydrogen) atoms. The average molecular weight is 372 g/mol. The monoisotopic (exact) mass is 372 g/mol. The number of carbonyl (C=O) groups excluding carboxylic acids is 1. The minimum absolute atomic E-state index is 0.000582. The normalized spacial score (nSPS) is 11.0. The van der Waals surface area contributed by atoms with Crippen molar-refractivity contribution in [2.75, 3.05) is 19.0 Å². The molecule has 0 aliphatic rings.